The van der Waals surface area contributed by atoms with Crippen molar-refractivity contribution in [1.82, 2.24) is 14.9 Å². The summed E-state index contributed by atoms with van der Waals surface area (Å²) in [5, 5.41) is 8.85. The summed E-state index contributed by atoms with van der Waals surface area (Å²) in [6.45, 7) is 4.94. The van der Waals surface area contributed by atoms with Crippen molar-refractivity contribution in [2.24, 2.45) is 0 Å². The third-order valence-corrected chi connectivity index (χ3v) is 2.22. The molecule has 0 saturated heterocycles. The highest BCUT2D eigenvalue weighted by atomic mass is 16.4. The van der Waals surface area contributed by atoms with E-state index in [0.29, 0.717) is 13.1 Å². The Balaban J connectivity index is 2.94. The highest BCUT2D eigenvalue weighted by molar-refractivity contribution is 6.02. The molecule has 0 aliphatic rings. The van der Waals surface area contributed by atoms with Crippen LogP contribution in [0, 0.1) is 0 Å². The molecule has 16 heavy (non-hydrogen) atoms. The summed E-state index contributed by atoms with van der Waals surface area (Å²) in [6.07, 6.45) is 2.04. The first-order valence-corrected chi connectivity index (χ1v) is 5.17. The SMILES string of the molecule is CCCN(CC)C(=O)c1nc[nH]c1C(=O)O. The standard InChI is InChI=1S/C10H15N3O3/c1-3-5-13(4-2)9(14)7-8(10(15)16)12-6-11-7/h6H,3-5H2,1-2H3,(H,11,12)(H,15,16). The summed E-state index contributed by atoms with van der Waals surface area (Å²) >= 11 is 0. The van der Waals surface area contributed by atoms with Crippen molar-refractivity contribution >= 4 is 11.9 Å². The van der Waals surface area contributed by atoms with Gasteiger partial charge in [-0.3, -0.25) is 4.79 Å². The number of nitrogens with one attached hydrogen (secondary N) is 1. The molecule has 0 spiro atoms. The molecule has 6 nitrogen and oxygen atoms in total. The molecular formula is C10H15N3O3. The lowest BCUT2D eigenvalue weighted by Crippen LogP contribution is -2.32. The maximum Gasteiger partial charge on any atom is 0.354 e. The van der Waals surface area contributed by atoms with Gasteiger partial charge in [0.25, 0.3) is 5.91 Å². The molecule has 0 aromatic carbocycles. The van der Waals surface area contributed by atoms with Crippen molar-refractivity contribution in [2.45, 2.75) is 20.3 Å². The molecule has 0 bridgehead atoms. The summed E-state index contributed by atoms with van der Waals surface area (Å²) in [7, 11) is 0. The van der Waals surface area contributed by atoms with Gasteiger partial charge in [0.15, 0.2) is 11.4 Å². The molecule has 0 aliphatic heterocycles. The first-order valence-electron chi connectivity index (χ1n) is 5.17. The van der Waals surface area contributed by atoms with Gasteiger partial charge < -0.3 is 15.0 Å². The van der Waals surface area contributed by atoms with Crippen LogP contribution in [-0.4, -0.2) is 44.9 Å². The van der Waals surface area contributed by atoms with E-state index in [1.54, 1.807) is 4.90 Å². The Labute approximate surface area is 93.3 Å². The number of carboxylic acids is 1. The van der Waals surface area contributed by atoms with Gasteiger partial charge in [-0.05, 0) is 13.3 Å². The summed E-state index contributed by atoms with van der Waals surface area (Å²) < 4.78 is 0. The minimum absolute atomic E-state index is 0.0252. The Morgan fingerprint density at radius 3 is 2.69 bits per heavy atom. The fourth-order valence-electron chi connectivity index (χ4n) is 1.44. The van der Waals surface area contributed by atoms with Crippen LogP contribution >= 0.6 is 0 Å². The molecule has 0 atom stereocenters. The molecule has 0 fully saturated rings. The van der Waals surface area contributed by atoms with Crippen LogP contribution < -0.4 is 0 Å². The molecule has 0 saturated carbocycles. The third-order valence-electron chi connectivity index (χ3n) is 2.22. The van der Waals surface area contributed by atoms with E-state index in [-0.39, 0.29) is 17.3 Å². The van der Waals surface area contributed by atoms with Gasteiger partial charge in [-0.2, -0.15) is 0 Å². The zero-order chi connectivity index (χ0) is 12.1. The number of aromatic carboxylic acids is 1. The number of aromatic amines is 1. The van der Waals surface area contributed by atoms with Crippen LogP contribution in [0.4, 0.5) is 0 Å². The zero-order valence-electron chi connectivity index (χ0n) is 9.36. The number of hydrogen-bond acceptors (Lipinski definition) is 3. The molecule has 0 unspecified atom stereocenters. The summed E-state index contributed by atoms with van der Waals surface area (Å²) in [5.41, 5.74) is -0.178. The monoisotopic (exact) mass is 225 g/mol. The van der Waals surface area contributed by atoms with E-state index in [4.69, 9.17) is 5.11 Å². The molecule has 1 aromatic rings. The third kappa shape index (κ3) is 2.39. The molecule has 2 N–H and O–H groups in total. The largest absolute Gasteiger partial charge is 0.477 e. The summed E-state index contributed by atoms with van der Waals surface area (Å²) in [5.74, 6) is -1.52. The molecule has 1 aromatic heterocycles. The first-order chi connectivity index (χ1) is 7.61. The highest BCUT2D eigenvalue weighted by Crippen LogP contribution is 2.07. The Kier molecular flexibility index (Phi) is 4.04. The van der Waals surface area contributed by atoms with Gasteiger partial charge in [-0.15, -0.1) is 0 Å². The van der Waals surface area contributed by atoms with E-state index in [0.717, 1.165) is 6.42 Å². The minimum Gasteiger partial charge on any atom is -0.477 e. The first kappa shape index (κ1) is 12.2. The number of hydrogen-bond donors (Lipinski definition) is 2. The van der Waals surface area contributed by atoms with Crippen molar-refractivity contribution in [3.05, 3.63) is 17.7 Å². The average Bonchev–Trinajstić information content (AvgIpc) is 2.73. The Morgan fingerprint density at radius 2 is 2.19 bits per heavy atom. The number of nitrogens with zero attached hydrogens (tertiary/aromatic N) is 2. The fraction of sp³-hybridized carbons (Fsp3) is 0.500. The Bertz CT molecular complexity index is 386. The van der Waals surface area contributed by atoms with Crippen LogP contribution in [0.3, 0.4) is 0 Å². The topological polar surface area (TPSA) is 86.3 Å². The second-order valence-corrected chi connectivity index (χ2v) is 3.32. The summed E-state index contributed by atoms with van der Waals surface area (Å²) in [6, 6.07) is 0. The smallest absolute Gasteiger partial charge is 0.354 e. The van der Waals surface area contributed by atoms with Crippen molar-refractivity contribution in [3.8, 4) is 0 Å². The average molecular weight is 225 g/mol. The van der Waals surface area contributed by atoms with Crippen LogP contribution in [0.2, 0.25) is 0 Å². The number of amides is 1. The van der Waals surface area contributed by atoms with Gasteiger partial charge >= 0.3 is 5.97 Å². The van der Waals surface area contributed by atoms with Crippen LogP contribution in [0.1, 0.15) is 41.2 Å². The molecule has 0 aliphatic carbocycles. The second-order valence-electron chi connectivity index (χ2n) is 3.32. The number of H-pyrrole nitrogens is 1. The van der Waals surface area contributed by atoms with E-state index in [1.165, 1.54) is 6.33 Å². The van der Waals surface area contributed by atoms with Crippen LogP contribution in [0.15, 0.2) is 6.33 Å². The molecule has 1 heterocycles. The van der Waals surface area contributed by atoms with Crippen molar-refractivity contribution in [2.75, 3.05) is 13.1 Å². The minimum atomic E-state index is -1.17. The van der Waals surface area contributed by atoms with E-state index < -0.39 is 5.97 Å². The number of carbonyl (C=O) groups excluding carboxylic acids is 1. The number of imidazole rings is 1. The van der Waals surface area contributed by atoms with E-state index in [9.17, 15) is 9.59 Å². The van der Waals surface area contributed by atoms with Gasteiger partial charge in [-0.25, -0.2) is 9.78 Å². The lowest BCUT2D eigenvalue weighted by atomic mass is 10.2. The number of carboxylic acid groups (broad SMARTS) is 1. The van der Waals surface area contributed by atoms with Gasteiger partial charge in [0.05, 0.1) is 6.33 Å². The number of carbonyl (C=O) groups is 2. The fourth-order valence-corrected chi connectivity index (χ4v) is 1.44. The van der Waals surface area contributed by atoms with Crippen LogP contribution in [0.5, 0.6) is 0 Å². The van der Waals surface area contributed by atoms with Gasteiger partial charge in [0.2, 0.25) is 0 Å². The van der Waals surface area contributed by atoms with Crippen molar-refractivity contribution in [1.29, 1.82) is 0 Å². The number of rotatable bonds is 5. The predicted octanol–water partition coefficient (Wildman–Crippen LogP) is 0.980. The van der Waals surface area contributed by atoms with Gasteiger partial charge in [-0.1, -0.05) is 6.92 Å². The zero-order valence-corrected chi connectivity index (χ0v) is 9.36. The quantitative estimate of drug-likeness (QED) is 0.782. The molecule has 6 heteroatoms. The van der Waals surface area contributed by atoms with E-state index >= 15 is 0 Å². The molecule has 1 amide bonds. The lowest BCUT2D eigenvalue weighted by Gasteiger charge is -2.18. The van der Waals surface area contributed by atoms with Crippen molar-refractivity contribution in [3.63, 3.8) is 0 Å². The van der Waals surface area contributed by atoms with Crippen LogP contribution in [-0.2, 0) is 0 Å². The van der Waals surface area contributed by atoms with Crippen molar-refractivity contribution < 1.29 is 14.7 Å². The normalized spacial score (nSPS) is 10.1. The Morgan fingerprint density at radius 1 is 1.50 bits per heavy atom. The van der Waals surface area contributed by atoms with E-state index in [1.807, 2.05) is 13.8 Å². The van der Waals surface area contributed by atoms with Gasteiger partial charge in [0, 0.05) is 13.1 Å². The second kappa shape index (κ2) is 5.29. The predicted molar refractivity (Wildman–Crippen MR) is 57.4 cm³/mol. The maximum absolute atomic E-state index is 11.9. The molecular weight excluding hydrogens is 210 g/mol. The number of aromatic nitrogens is 2. The van der Waals surface area contributed by atoms with Gasteiger partial charge in [0.1, 0.15) is 0 Å². The maximum atomic E-state index is 11.9. The molecule has 1 rings (SSSR count). The summed E-state index contributed by atoms with van der Waals surface area (Å²) in [4.78, 5) is 30.5. The van der Waals surface area contributed by atoms with Crippen LogP contribution in [0.25, 0.3) is 0 Å². The Hall–Kier alpha value is -1.85. The molecule has 88 valence electrons. The van der Waals surface area contributed by atoms with E-state index in [2.05, 4.69) is 9.97 Å². The molecule has 0 radical (unpaired) electrons. The highest BCUT2D eigenvalue weighted by Gasteiger charge is 2.23. The lowest BCUT2D eigenvalue weighted by molar-refractivity contribution is 0.0670.